The summed E-state index contributed by atoms with van der Waals surface area (Å²) in [6, 6.07) is 37.8. The largest absolute Gasteiger partial charge is 0.308 e. The highest BCUT2D eigenvalue weighted by atomic mass is 15.0. The van der Waals surface area contributed by atoms with Gasteiger partial charge in [-0.15, -0.1) is 0 Å². The normalized spacial score (nSPS) is 14.2. The molecule has 0 atom stereocenters. The van der Waals surface area contributed by atoms with Crippen molar-refractivity contribution in [1.82, 2.24) is 4.57 Å². The van der Waals surface area contributed by atoms with Crippen LogP contribution in [0.5, 0.6) is 0 Å². The molecule has 7 rings (SSSR count). The molecule has 0 aliphatic heterocycles. The number of nitrogens with zero attached hydrogens (tertiary/aromatic N) is 1. The van der Waals surface area contributed by atoms with E-state index in [0.29, 0.717) is 0 Å². The summed E-state index contributed by atoms with van der Waals surface area (Å²) in [7, 11) is 0. The van der Waals surface area contributed by atoms with Gasteiger partial charge < -0.3 is 4.57 Å². The Balaban J connectivity index is 1.78. The van der Waals surface area contributed by atoms with Crippen molar-refractivity contribution in [2.75, 3.05) is 0 Å². The first kappa shape index (κ1) is 17.8. The lowest BCUT2D eigenvalue weighted by Gasteiger charge is -2.21. The summed E-state index contributed by atoms with van der Waals surface area (Å²) < 4.78 is 2.54. The van der Waals surface area contributed by atoms with E-state index in [0.717, 1.165) is 0 Å². The van der Waals surface area contributed by atoms with Crippen LogP contribution in [0, 0.1) is 0 Å². The van der Waals surface area contributed by atoms with Crippen LogP contribution < -0.4 is 0 Å². The van der Waals surface area contributed by atoms with Gasteiger partial charge in [-0.3, -0.25) is 0 Å². The second kappa shape index (κ2) is 6.11. The van der Waals surface area contributed by atoms with Gasteiger partial charge >= 0.3 is 0 Å². The van der Waals surface area contributed by atoms with E-state index in [-0.39, 0.29) is 5.41 Å². The molecule has 1 aliphatic carbocycles. The molecule has 1 nitrogen and oxygen atoms in total. The smallest absolute Gasteiger partial charge is 0.0616 e. The van der Waals surface area contributed by atoms with E-state index >= 15 is 0 Å². The van der Waals surface area contributed by atoms with Gasteiger partial charge in [0.25, 0.3) is 0 Å². The van der Waals surface area contributed by atoms with Gasteiger partial charge in [0.05, 0.1) is 16.9 Å². The second-order valence-corrected chi connectivity index (χ2v) is 9.41. The molecular weight excluding hydrogens is 386 g/mol. The molecule has 0 unspecified atom stereocenters. The molecule has 0 radical (unpaired) electrons. The predicted octanol–water partition coefficient (Wildman–Crippen LogP) is 8.24. The van der Waals surface area contributed by atoms with Gasteiger partial charge in [0.1, 0.15) is 0 Å². The van der Waals surface area contributed by atoms with Gasteiger partial charge in [0.15, 0.2) is 0 Å². The molecule has 152 valence electrons. The Morgan fingerprint density at radius 1 is 0.562 bits per heavy atom. The molecular formula is C31H23N. The van der Waals surface area contributed by atoms with Gasteiger partial charge in [0, 0.05) is 27.1 Å². The highest BCUT2D eigenvalue weighted by Crippen LogP contribution is 2.54. The van der Waals surface area contributed by atoms with Gasteiger partial charge in [-0.1, -0.05) is 111 Å². The number of hydrogen-bond acceptors (Lipinski definition) is 0. The van der Waals surface area contributed by atoms with Crippen LogP contribution in [0.25, 0.3) is 49.4 Å². The molecule has 0 spiro atoms. The summed E-state index contributed by atoms with van der Waals surface area (Å²) in [4.78, 5) is 0. The molecule has 0 bridgehead atoms. The maximum Gasteiger partial charge on any atom is 0.0616 e. The summed E-state index contributed by atoms with van der Waals surface area (Å²) in [6.07, 6.45) is 0. The molecule has 1 heteroatoms. The molecule has 1 aromatic heterocycles. The van der Waals surface area contributed by atoms with Crippen molar-refractivity contribution in [3.63, 3.8) is 0 Å². The number of hydrogen-bond donors (Lipinski definition) is 0. The maximum absolute atomic E-state index is 2.54. The number of rotatable bonds is 1. The Morgan fingerprint density at radius 3 is 2.06 bits per heavy atom. The van der Waals surface area contributed by atoms with Gasteiger partial charge in [-0.05, 0) is 28.0 Å². The first-order valence-corrected chi connectivity index (χ1v) is 11.3. The minimum absolute atomic E-state index is 0.0531. The van der Waals surface area contributed by atoms with Gasteiger partial charge in [0.2, 0.25) is 0 Å². The van der Waals surface area contributed by atoms with Crippen LogP contribution in [0.4, 0.5) is 0 Å². The van der Waals surface area contributed by atoms with Gasteiger partial charge in [-0.2, -0.15) is 0 Å². The molecule has 1 aliphatic rings. The van der Waals surface area contributed by atoms with E-state index in [4.69, 9.17) is 0 Å². The highest BCUT2D eigenvalue weighted by molar-refractivity contribution is 6.13. The van der Waals surface area contributed by atoms with Crippen LogP contribution in [0.3, 0.4) is 0 Å². The van der Waals surface area contributed by atoms with Crippen molar-refractivity contribution >= 4 is 32.4 Å². The lowest BCUT2D eigenvalue weighted by Crippen LogP contribution is -2.14. The summed E-state index contributed by atoms with van der Waals surface area (Å²) in [6.45, 7) is 4.75. The summed E-state index contributed by atoms with van der Waals surface area (Å²) in [5.74, 6) is 0. The summed E-state index contributed by atoms with van der Waals surface area (Å²) >= 11 is 0. The Kier molecular flexibility index (Phi) is 3.40. The third-order valence-electron chi connectivity index (χ3n) is 7.34. The van der Waals surface area contributed by atoms with Crippen molar-refractivity contribution in [3.05, 3.63) is 114 Å². The third kappa shape index (κ3) is 2.13. The van der Waals surface area contributed by atoms with Crippen LogP contribution in [0.15, 0.2) is 103 Å². The van der Waals surface area contributed by atoms with Crippen molar-refractivity contribution in [1.29, 1.82) is 0 Å². The lowest BCUT2D eigenvalue weighted by atomic mass is 9.81. The molecule has 0 saturated carbocycles. The first-order valence-electron chi connectivity index (χ1n) is 11.3. The van der Waals surface area contributed by atoms with Crippen LogP contribution in [-0.4, -0.2) is 4.57 Å². The van der Waals surface area contributed by atoms with Crippen LogP contribution >= 0.6 is 0 Å². The van der Waals surface area contributed by atoms with Gasteiger partial charge in [-0.25, -0.2) is 0 Å². The molecule has 5 aromatic carbocycles. The number of fused-ring (bicyclic) bond motifs is 8. The molecule has 0 amide bonds. The first-order chi connectivity index (χ1) is 15.7. The topological polar surface area (TPSA) is 4.93 Å². The van der Waals surface area contributed by atoms with E-state index in [1.807, 2.05) is 0 Å². The Hall–Kier alpha value is -3.84. The predicted molar refractivity (Wildman–Crippen MR) is 136 cm³/mol. The highest BCUT2D eigenvalue weighted by Gasteiger charge is 2.40. The molecule has 0 fully saturated rings. The Labute approximate surface area is 187 Å². The lowest BCUT2D eigenvalue weighted by molar-refractivity contribution is 0.666. The summed E-state index contributed by atoms with van der Waals surface area (Å²) in [5.41, 5.74) is 8.04. The zero-order chi connectivity index (χ0) is 21.4. The van der Waals surface area contributed by atoms with E-state index in [2.05, 4.69) is 122 Å². The van der Waals surface area contributed by atoms with E-state index in [9.17, 15) is 0 Å². The maximum atomic E-state index is 2.54. The Bertz CT molecular complexity index is 1690. The second-order valence-electron chi connectivity index (χ2n) is 9.41. The molecule has 0 saturated heterocycles. The van der Waals surface area contributed by atoms with Crippen molar-refractivity contribution in [2.24, 2.45) is 0 Å². The fourth-order valence-corrected chi connectivity index (χ4v) is 5.95. The average molecular weight is 410 g/mol. The number of benzene rings is 5. The molecule has 32 heavy (non-hydrogen) atoms. The fraction of sp³-hybridized carbons (Fsp3) is 0.0968. The fourth-order valence-electron chi connectivity index (χ4n) is 5.95. The molecule has 1 heterocycles. The van der Waals surface area contributed by atoms with Crippen LogP contribution in [0.2, 0.25) is 0 Å². The quantitative estimate of drug-likeness (QED) is 0.258. The summed E-state index contributed by atoms with van der Waals surface area (Å²) in [5, 5.41) is 6.49. The monoisotopic (exact) mass is 409 g/mol. The zero-order valence-electron chi connectivity index (χ0n) is 18.3. The van der Waals surface area contributed by atoms with E-state index < -0.39 is 0 Å². The minimum Gasteiger partial charge on any atom is -0.308 e. The van der Waals surface area contributed by atoms with Crippen molar-refractivity contribution < 1.29 is 0 Å². The molecule has 6 aromatic rings. The Morgan fingerprint density at radius 2 is 1.22 bits per heavy atom. The zero-order valence-corrected chi connectivity index (χ0v) is 18.3. The SMILES string of the molecule is CC1(C)c2ccccc2-c2c1c1ccc3ccccc3c1n2-c1cccc2ccccc12. The third-order valence-corrected chi connectivity index (χ3v) is 7.34. The standard InChI is InChI=1S/C31H23N/c1-31(2)26-16-8-7-15-24(26)30-28(31)25-19-18-21-11-4-6-14-23(21)29(25)32(30)27-17-9-12-20-10-3-5-13-22(20)27/h3-19H,1-2H3. The average Bonchev–Trinajstić information content (AvgIpc) is 3.30. The minimum atomic E-state index is -0.0531. The van der Waals surface area contributed by atoms with E-state index in [1.54, 1.807) is 0 Å². The number of aromatic nitrogens is 1. The van der Waals surface area contributed by atoms with Crippen molar-refractivity contribution in [3.8, 4) is 16.9 Å². The van der Waals surface area contributed by atoms with Crippen LogP contribution in [0.1, 0.15) is 25.0 Å². The van der Waals surface area contributed by atoms with Crippen LogP contribution in [-0.2, 0) is 5.41 Å². The molecule has 0 N–H and O–H groups in total. The van der Waals surface area contributed by atoms with Crippen molar-refractivity contribution in [2.45, 2.75) is 19.3 Å². The van der Waals surface area contributed by atoms with E-state index in [1.165, 1.54) is 60.5 Å².